The third kappa shape index (κ3) is 3.14. The van der Waals surface area contributed by atoms with Crippen molar-refractivity contribution in [3.8, 4) is 11.3 Å². The van der Waals surface area contributed by atoms with Crippen molar-refractivity contribution in [1.82, 2.24) is 18.8 Å². The lowest BCUT2D eigenvalue weighted by Crippen LogP contribution is -2.12. The van der Waals surface area contributed by atoms with Crippen LogP contribution < -0.4 is 5.32 Å². The van der Waals surface area contributed by atoms with Crippen LogP contribution in [0.1, 0.15) is 21.6 Å². The van der Waals surface area contributed by atoms with Crippen molar-refractivity contribution in [2.45, 2.75) is 13.8 Å². The van der Waals surface area contributed by atoms with Gasteiger partial charge in [-0.1, -0.05) is 18.2 Å². The first-order valence-corrected chi connectivity index (χ1v) is 9.38. The molecule has 4 heterocycles. The average molecular weight is 381 g/mol. The van der Waals surface area contributed by atoms with Gasteiger partial charge in [0.15, 0.2) is 0 Å². The van der Waals surface area contributed by atoms with Crippen LogP contribution in [0.25, 0.3) is 22.6 Å². The Morgan fingerprint density at radius 3 is 2.55 bits per heavy atom. The van der Waals surface area contributed by atoms with Gasteiger partial charge in [0.1, 0.15) is 17.0 Å². The molecule has 0 saturated carbocycles. The summed E-state index contributed by atoms with van der Waals surface area (Å²) in [4.78, 5) is 21.7. The Balaban J connectivity index is 1.37. The number of carbonyl (C=O) groups excluding carboxylic acids is 1. The van der Waals surface area contributed by atoms with E-state index in [0.29, 0.717) is 11.4 Å². The van der Waals surface area contributed by atoms with E-state index in [4.69, 9.17) is 4.98 Å². The highest BCUT2D eigenvalue weighted by molar-refractivity contribution is 6.03. The molecule has 29 heavy (non-hydrogen) atoms. The zero-order valence-electron chi connectivity index (χ0n) is 16.1. The SMILES string of the molecule is Cc1ccn2cc(C(=O)Nc3ccc(-c4cn5cccc(C)c5n4)cc3)nc2c1. The van der Waals surface area contributed by atoms with E-state index < -0.39 is 0 Å². The number of anilines is 1. The molecule has 4 aromatic heterocycles. The standard InChI is InChI=1S/C23H19N5O/c1-15-9-11-27-14-20(25-21(27)12-15)23(29)24-18-7-5-17(6-8-18)19-13-28-10-3-4-16(2)22(28)26-19/h3-14H,1-2H3,(H,24,29). The van der Waals surface area contributed by atoms with Crippen LogP contribution in [-0.2, 0) is 0 Å². The predicted octanol–water partition coefficient (Wildman–Crippen LogP) is 4.52. The van der Waals surface area contributed by atoms with Gasteiger partial charge in [0.25, 0.3) is 5.91 Å². The molecule has 6 nitrogen and oxygen atoms in total. The predicted molar refractivity (Wildman–Crippen MR) is 113 cm³/mol. The summed E-state index contributed by atoms with van der Waals surface area (Å²) in [6.07, 6.45) is 7.63. The van der Waals surface area contributed by atoms with Crippen molar-refractivity contribution in [1.29, 1.82) is 0 Å². The maximum atomic E-state index is 12.6. The summed E-state index contributed by atoms with van der Waals surface area (Å²) in [6, 6.07) is 15.7. The molecule has 1 aromatic carbocycles. The van der Waals surface area contributed by atoms with Crippen molar-refractivity contribution in [3.05, 3.63) is 90.1 Å². The fourth-order valence-electron chi connectivity index (χ4n) is 3.41. The highest BCUT2D eigenvalue weighted by Gasteiger charge is 2.12. The molecule has 5 rings (SSSR count). The first kappa shape index (κ1) is 17.2. The van der Waals surface area contributed by atoms with Crippen molar-refractivity contribution in [2.24, 2.45) is 0 Å². The van der Waals surface area contributed by atoms with E-state index in [-0.39, 0.29) is 5.91 Å². The number of nitrogens with one attached hydrogen (secondary N) is 1. The van der Waals surface area contributed by atoms with Gasteiger partial charge in [-0.15, -0.1) is 0 Å². The van der Waals surface area contributed by atoms with E-state index >= 15 is 0 Å². The van der Waals surface area contributed by atoms with Crippen LogP contribution in [0.15, 0.2) is 73.3 Å². The second kappa shape index (κ2) is 6.60. The first-order chi connectivity index (χ1) is 14.1. The normalized spacial score (nSPS) is 11.2. The molecule has 1 N–H and O–H groups in total. The van der Waals surface area contributed by atoms with Gasteiger partial charge in [-0.3, -0.25) is 4.79 Å². The lowest BCUT2D eigenvalue weighted by molar-refractivity contribution is 0.102. The molecule has 0 aliphatic heterocycles. The van der Waals surface area contributed by atoms with E-state index in [0.717, 1.165) is 33.7 Å². The molecule has 0 fully saturated rings. The van der Waals surface area contributed by atoms with E-state index in [1.54, 1.807) is 6.20 Å². The van der Waals surface area contributed by atoms with Crippen LogP contribution in [0, 0.1) is 13.8 Å². The number of hydrogen-bond acceptors (Lipinski definition) is 3. The van der Waals surface area contributed by atoms with E-state index in [1.165, 1.54) is 0 Å². The Bertz CT molecular complexity index is 1360. The molecule has 0 unspecified atom stereocenters. The highest BCUT2D eigenvalue weighted by Crippen LogP contribution is 2.22. The maximum absolute atomic E-state index is 12.6. The number of benzene rings is 1. The molecule has 6 heteroatoms. The molecule has 0 bridgehead atoms. The Labute approximate surface area is 167 Å². The number of hydrogen-bond donors (Lipinski definition) is 1. The second-order valence-electron chi connectivity index (χ2n) is 7.18. The number of fused-ring (bicyclic) bond motifs is 2. The monoisotopic (exact) mass is 381 g/mol. The third-order valence-electron chi connectivity index (χ3n) is 4.96. The van der Waals surface area contributed by atoms with E-state index in [9.17, 15) is 4.79 Å². The van der Waals surface area contributed by atoms with Gasteiger partial charge in [0.2, 0.25) is 0 Å². The number of aryl methyl sites for hydroxylation is 2. The average Bonchev–Trinajstić information content (AvgIpc) is 3.33. The molecule has 1 amide bonds. The number of aromatic nitrogens is 4. The molecule has 0 aliphatic carbocycles. The highest BCUT2D eigenvalue weighted by atomic mass is 16.1. The van der Waals surface area contributed by atoms with Crippen molar-refractivity contribution >= 4 is 22.9 Å². The summed E-state index contributed by atoms with van der Waals surface area (Å²) in [5.41, 5.74) is 6.93. The van der Waals surface area contributed by atoms with Crippen LogP contribution in [0.4, 0.5) is 5.69 Å². The number of nitrogens with zero attached hydrogens (tertiary/aromatic N) is 4. The van der Waals surface area contributed by atoms with Gasteiger partial charge in [-0.2, -0.15) is 0 Å². The summed E-state index contributed by atoms with van der Waals surface area (Å²) in [5.74, 6) is -0.234. The van der Waals surface area contributed by atoms with Crippen molar-refractivity contribution in [2.75, 3.05) is 5.32 Å². The van der Waals surface area contributed by atoms with E-state index in [2.05, 4.69) is 10.3 Å². The van der Waals surface area contributed by atoms with Gasteiger partial charge in [-0.05, 0) is 55.3 Å². The fraction of sp³-hybridized carbons (Fsp3) is 0.0870. The molecule has 5 aromatic rings. The first-order valence-electron chi connectivity index (χ1n) is 9.38. The lowest BCUT2D eigenvalue weighted by atomic mass is 10.1. The Kier molecular flexibility index (Phi) is 3.91. The number of carbonyl (C=O) groups is 1. The molecule has 0 aliphatic rings. The second-order valence-corrected chi connectivity index (χ2v) is 7.18. The molecule has 0 spiro atoms. The molecule has 0 radical (unpaired) electrons. The molecular weight excluding hydrogens is 362 g/mol. The van der Waals surface area contributed by atoms with Crippen LogP contribution in [0.2, 0.25) is 0 Å². The quantitative estimate of drug-likeness (QED) is 0.500. The van der Waals surface area contributed by atoms with Gasteiger partial charge >= 0.3 is 0 Å². The number of pyridine rings is 2. The molecule has 0 atom stereocenters. The lowest BCUT2D eigenvalue weighted by Gasteiger charge is -2.04. The maximum Gasteiger partial charge on any atom is 0.275 e. The van der Waals surface area contributed by atoms with Crippen molar-refractivity contribution < 1.29 is 4.79 Å². The van der Waals surface area contributed by atoms with Crippen LogP contribution in [-0.4, -0.2) is 24.7 Å². The summed E-state index contributed by atoms with van der Waals surface area (Å²) in [7, 11) is 0. The minimum atomic E-state index is -0.234. The number of imidazole rings is 2. The molecular formula is C23H19N5O. The Hall–Kier alpha value is -3.93. The van der Waals surface area contributed by atoms with Crippen LogP contribution in [0.5, 0.6) is 0 Å². The van der Waals surface area contributed by atoms with Gasteiger partial charge in [-0.25, -0.2) is 9.97 Å². The van der Waals surface area contributed by atoms with E-state index in [1.807, 2.05) is 89.8 Å². The van der Waals surface area contributed by atoms with Crippen LogP contribution >= 0.6 is 0 Å². The summed E-state index contributed by atoms with van der Waals surface area (Å²) >= 11 is 0. The summed E-state index contributed by atoms with van der Waals surface area (Å²) < 4.78 is 3.86. The summed E-state index contributed by atoms with van der Waals surface area (Å²) in [6.45, 7) is 4.05. The fourth-order valence-corrected chi connectivity index (χ4v) is 3.41. The van der Waals surface area contributed by atoms with Gasteiger partial charge in [0, 0.05) is 36.0 Å². The zero-order valence-corrected chi connectivity index (χ0v) is 16.1. The number of rotatable bonds is 3. The van der Waals surface area contributed by atoms with Crippen molar-refractivity contribution in [3.63, 3.8) is 0 Å². The topological polar surface area (TPSA) is 63.7 Å². The van der Waals surface area contributed by atoms with Crippen LogP contribution in [0.3, 0.4) is 0 Å². The molecule has 142 valence electrons. The molecule has 0 saturated heterocycles. The minimum absolute atomic E-state index is 0.234. The zero-order chi connectivity index (χ0) is 20.0. The van der Waals surface area contributed by atoms with Gasteiger partial charge < -0.3 is 14.1 Å². The summed E-state index contributed by atoms with van der Waals surface area (Å²) in [5, 5.41) is 2.91. The largest absolute Gasteiger partial charge is 0.321 e. The smallest absolute Gasteiger partial charge is 0.275 e. The van der Waals surface area contributed by atoms with Gasteiger partial charge in [0.05, 0.1) is 5.69 Å². The Morgan fingerprint density at radius 1 is 0.931 bits per heavy atom. The Morgan fingerprint density at radius 2 is 1.76 bits per heavy atom. The third-order valence-corrected chi connectivity index (χ3v) is 4.96. The number of amides is 1. The minimum Gasteiger partial charge on any atom is -0.321 e.